The van der Waals surface area contributed by atoms with Gasteiger partial charge in [-0.3, -0.25) is 0 Å². The van der Waals surface area contributed by atoms with E-state index in [0.717, 1.165) is 11.6 Å². The van der Waals surface area contributed by atoms with Crippen LogP contribution in [0.5, 0.6) is 0 Å². The lowest BCUT2D eigenvalue weighted by molar-refractivity contribution is -0.137. The third-order valence-corrected chi connectivity index (χ3v) is 4.12. The molecule has 0 N–H and O–H groups in total. The first-order chi connectivity index (χ1) is 10.2. The van der Waals surface area contributed by atoms with Gasteiger partial charge in [-0.15, -0.1) is 0 Å². The van der Waals surface area contributed by atoms with Gasteiger partial charge < -0.3 is 0 Å². The van der Waals surface area contributed by atoms with Crippen LogP contribution >= 0.6 is 0 Å². The zero-order valence-corrected chi connectivity index (χ0v) is 14.4. The molecule has 1 radical (unpaired) electrons. The number of carbonyl (C=O) groups excluding carboxylic acids is 1. The molecule has 1 aliphatic rings. The third-order valence-electron chi connectivity index (χ3n) is 4.12. The summed E-state index contributed by atoms with van der Waals surface area (Å²) in [5.74, 6) is -1.16. The number of carbonyl (C=O) groups is 1. The van der Waals surface area contributed by atoms with E-state index in [0.29, 0.717) is 5.57 Å². The molecule has 0 unspecified atom stereocenters. The van der Waals surface area contributed by atoms with Crippen molar-refractivity contribution in [1.29, 1.82) is 0 Å². The van der Waals surface area contributed by atoms with Crippen LogP contribution in [0.2, 0.25) is 0 Å². The summed E-state index contributed by atoms with van der Waals surface area (Å²) in [5, 5.41) is 10.4. The molecule has 0 aromatic heterocycles. The zero-order valence-electron chi connectivity index (χ0n) is 14.4. The molecule has 0 heterocycles. The van der Waals surface area contributed by atoms with Crippen molar-refractivity contribution >= 4 is 5.97 Å². The summed E-state index contributed by atoms with van der Waals surface area (Å²) in [6.45, 7) is 10.6. The van der Waals surface area contributed by atoms with E-state index in [-0.39, 0.29) is 5.41 Å². The third kappa shape index (κ3) is 5.88. The molecule has 0 aromatic rings. The van der Waals surface area contributed by atoms with Crippen molar-refractivity contribution in [2.45, 2.75) is 53.9 Å². The molecule has 1 aliphatic carbocycles. The molecule has 0 amide bonds. The van der Waals surface area contributed by atoms with Crippen molar-refractivity contribution in [3.05, 3.63) is 58.7 Å². The molecule has 0 aromatic carbocycles. The van der Waals surface area contributed by atoms with Crippen molar-refractivity contribution in [1.82, 2.24) is 0 Å². The molecule has 0 bridgehead atoms. The van der Waals surface area contributed by atoms with E-state index in [9.17, 15) is 9.90 Å². The van der Waals surface area contributed by atoms with Gasteiger partial charge in [-0.2, -0.15) is 0 Å². The van der Waals surface area contributed by atoms with Crippen molar-refractivity contribution in [2.24, 2.45) is 5.41 Å². The Bertz CT molecular complexity index is 567. The Morgan fingerprint density at radius 2 is 1.82 bits per heavy atom. The van der Waals surface area contributed by atoms with Gasteiger partial charge in [0.1, 0.15) is 0 Å². The van der Waals surface area contributed by atoms with Gasteiger partial charge >= 0.3 is 5.97 Å². The Morgan fingerprint density at radius 3 is 2.41 bits per heavy atom. The van der Waals surface area contributed by atoms with E-state index < -0.39 is 5.97 Å². The fourth-order valence-corrected chi connectivity index (χ4v) is 2.87. The highest BCUT2D eigenvalue weighted by Crippen LogP contribution is 2.40. The van der Waals surface area contributed by atoms with E-state index in [1.54, 1.807) is 13.0 Å². The first-order valence-electron chi connectivity index (χ1n) is 7.85. The van der Waals surface area contributed by atoms with Crippen molar-refractivity contribution in [3.63, 3.8) is 0 Å². The number of hydrogen-bond acceptors (Lipinski definition) is 1. The fourth-order valence-electron chi connectivity index (χ4n) is 2.87. The van der Waals surface area contributed by atoms with Gasteiger partial charge in [0.2, 0.25) is 0 Å². The number of rotatable bonds is 5. The number of hydrogen-bond donors (Lipinski definition) is 0. The Labute approximate surface area is 134 Å². The average molecular weight is 299 g/mol. The van der Waals surface area contributed by atoms with E-state index in [1.807, 2.05) is 19.1 Å². The Hall–Kier alpha value is -1.83. The van der Waals surface area contributed by atoms with Crippen LogP contribution in [0, 0.1) is 5.41 Å². The summed E-state index contributed by atoms with van der Waals surface area (Å²) >= 11 is 0. The van der Waals surface area contributed by atoms with Crippen molar-refractivity contribution < 1.29 is 9.90 Å². The first-order valence-corrected chi connectivity index (χ1v) is 7.85. The predicted molar refractivity (Wildman–Crippen MR) is 91.8 cm³/mol. The van der Waals surface area contributed by atoms with Crippen LogP contribution in [-0.2, 0) is 9.90 Å². The maximum absolute atomic E-state index is 10.4. The Kier molecular flexibility index (Phi) is 6.61. The van der Waals surface area contributed by atoms with Crippen LogP contribution in [-0.4, -0.2) is 5.97 Å². The summed E-state index contributed by atoms with van der Waals surface area (Å²) in [6.07, 6.45) is 14.8. The second kappa shape index (κ2) is 7.98. The van der Waals surface area contributed by atoms with E-state index in [1.165, 1.54) is 30.4 Å². The molecule has 1 rings (SSSR count). The SMILES string of the molecule is CC(C=CC1=C(C)CCCC1(C)C)=CC=CC(C)=CC([O])=O. The molecule has 0 saturated carbocycles. The summed E-state index contributed by atoms with van der Waals surface area (Å²) < 4.78 is 0. The first kappa shape index (κ1) is 18.2. The number of allylic oxidation sites excluding steroid dienone is 9. The van der Waals surface area contributed by atoms with Gasteiger partial charge in [-0.25, -0.2) is 9.90 Å². The molecular formula is C20H27O2. The van der Waals surface area contributed by atoms with E-state index >= 15 is 0 Å². The lowest BCUT2D eigenvalue weighted by Gasteiger charge is -2.32. The molecule has 2 nitrogen and oxygen atoms in total. The molecule has 22 heavy (non-hydrogen) atoms. The normalized spacial score (nSPS) is 20.2. The highest BCUT2D eigenvalue weighted by Gasteiger charge is 2.26. The molecule has 0 fully saturated rings. The molecule has 0 aliphatic heterocycles. The topological polar surface area (TPSA) is 37.0 Å². The van der Waals surface area contributed by atoms with E-state index in [4.69, 9.17) is 0 Å². The smallest absolute Gasteiger partial charge is 0.242 e. The van der Waals surface area contributed by atoms with E-state index in [2.05, 4.69) is 32.9 Å². The quantitative estimate of drug-likeness (QED) is 0.489. The standard InChI is InChI=1S/C20H27O2/c1-15(8-6-9-16(2)14-19(21)22)11-12-18-17(3)10-7-13-20(18,4)5/h6,8-9,11-12,14H,7,10,13H2,1-5H3. The summed E-state index contributed by atoms with van der Waals surface area (Å²) in [5.41, 5.74) is 4.99. The van der Waals surface area contributed by atoms with Gasteiger partial charge in [0.05, 0.1) is 0 Å². The molecule has 0 saturated heterocycles. The zero-order chi connectivity index (χ0) is 16.8. The van der Waals surface area contributed by atoms with Gasteiger partial charge in [-0.1, -0.05) is 55.4 Å². The Balaban J connectivity index is 2.79. The molecule has 0 atom stereocenters. The summed E-state index contributed by atoms with van der Waals surface area (Å²) in [4.78, 5) is 10.4. The molecule has 119 valence electrons. The minimum atomic E-state index is -1.16. The lowest BCUT2D eigenvalue weighted by Crippen LogP contribution is -2.19. The monoisotopic (exact) mass is 299 g/mol. The van der Waals surface area contributed by atoms with Crippen molar-refractivity contribution in [2.75, 3.05) is 0 Å². The largest absolute Gasteiger partial charge is 0.379 e. The maximum atomic E-state index is 10.4. The minimum absolute atomic E-state index is 0.253. The van der Waals surface area contributed by atoms with Gasteiger partial charge in [0, 0.05) is 6.08 Å². The minimum Gasteiger partial charge on any atom is -0.242 e. The maximum Gasteiger partial charge on any atom is 0.379 e. The van der Waals surface area contributed by atoms with Crippen LogP contribution in [0.1, 0.15) is 53.9 Å². The van der Waals surface area contributed by atoms with Crippen LogP contribution in [0.25, 0.3) is 0 Å². The Morgan fingerprint density at radius 1 is 1.14 bits per heavy atom. The molecular weight excluding hydrogens is 272 g/mol. The fraction of sp³-hybridized carbons (Fsp3) is 0.450. The second-order valence-electron chi connectivity index (χ2n) is 6.74. The predicted octanol–water partition coefficient (Wildman–Crippen LogP) is 5.48. The highest BCUT2D eigenvalue weighted by molar-refractivity contribution is 5.80. The second-order valence-corrected chi connectivity index (χ2v) is 6.74. The van der Waals surface area contributed by atoms with Crippen LogP contribution in [0.4, 0.5) is 0 Å². The summed E-state index contributed by atoms with van der Waals surface area (Å²) in [6, 6.07) is 0. The van der Waals surface area contributed by atoms with Crippen LogP contribution in [0.15, 0.2) is 58.7 Å². The van der Waals surface area contributed by atoms with Crippen LogP contribution in [0.3, 0.4) is 0 Å². The highest BCUT2D eigenvalue weighted by atomic mass is 16.4. The summed E-state index contributed by atoms with van der Waals surface area (Å²) in [7, 11) is 0. The van der Waals surface area contributed by atoms with Gasteiger partial charge in [-0.05, 0) is 56.6 Å². The molecule has 0 spiro atoms. The molecule has 2 heteroatoms. The van der Waals surface area contributed by atoms with Gasteiger partial charge in [0.25, 0.3) is 0 Å². The van der Waals surface area contributed by atoms with Crippen LogP contribution < -0.4 is 0 Å². The van der Waals surface area contributed by atoms with Gasteiger partial charge in [0.15, 0.2) is 0 Å². The van der Waals surface area contributed by atoms with Crippen molar-refractivity contribution in [3.8, 4) is 0 Å². The average Bonchev–Trinajstić information content (AvgIpc) is 2.36. The lowest BCUT2D eigenvalue weighted by atomic mass is 9.72.